The third kappa shape index (κ3) is 5.12. The first-order chi connectivity index (χ1) is 14.1. The molecule has 150 valence electrons. The lowest BCUT2D eigenvalue weighted by molar-refractivity contribution is 0.102. The van der Waals surface area contributed by atoms with Gasteiger partial charge in [-0.25, -0.2) is 4.98 Å². The zero-order valence-electron chi connectivity index (χ0n) is 16.9. The second-order valence-corrected chi connectivity index (χ2v) is 6.51. The molecule has 29 heavy (non-hydrogen) atoms. The lowest BCUT2D eigenvalue weighted by atomic mass is 10.0. The van der Waals surface area contributed by atoms with Crippen molar-refractivity contribution >= 4 is 17.4 Å². The summed E-state index contributed by atoms with van der Waals surface area (Å²) in [5, 5.41) is 6.12. The summed E-state index contributed by atoms with van der Waals surface area (Å²) in [6.07, 6.45) is 0. The molecule has 0 aliphatic carbocycles. The van der Waals surface area contributed by atoms with Gasteiger partial charge in [-0.15, -0.1) is 0 Å². The van der Waals surface area contributed by atoms with E-state index in [1.807, 2.05) is 55.5 Å². The predicted molar refractivity (Wildman–Crippen MR) is 116 cm³/mol. The van der Waals surface area contributed by atoms with Crippen molar-refractivity contribution in [2.45, 2.75) is 6.92 Å². The van der Waals surface area contributed by atoms with Gasteiger partial charge in [-0.2, -0.15) is 0 Å². The molecule has 0 atom stereocenters. The van der Waals surface area contributed by atoms with Crippen molar-refractivity contribution in [3.63, 3.8) is 0 Å². The number of amides is 1. The first-order valence-corrected chi connectivity index (χ1v) is 9.37. The largest absolute Gasteiger partial charge is 0.497 e. The maximum atomic E-state index is 12.9. The molecule has 2 N–H and O–H groups in total. The number of hydrogen-bond donors (Lipinski definition) is 2. The lowest BCUT2D eigenvalue weighted by Crippen LogP contribution is -2.18. The third-order valence-corrected chi connectivity index (χ3v) is 4.49. The SMILES string of the molecule is COCCNc1nc(-c2ccccc2C)ccc1C(=O)Nc1cccc(OC)c1. The quantitative estimate of drug-likeness (QED) is 0.558. The number of pyridine rings is 1. The molecule has 1 heterocycles. The second-order valence-electron chi connectivity index (χ2n) is 6.51. The van der Waals surface area contributed by atoms with E-state index in [2.05, 4.69) is 10.6 Å². The number of anilines is 2. The number of benzene rings is 2. The van der Waals surface area contributed by atoms with E-state index in [1.54, 1.807) is 26.4 Å². The average molecular weight is 391 g/mol. The highest BCUT2D eigenvalue weighted by atomic mass is 16.5. The van der Waals surface area contributed by atoms with Gasteiger partial charge in [-0.3, -0.25) is 4.79 Å². The molecule has 6 heteroatoms. The number of rotatable bonds is 8. The Kier molecular flexibility index (Phi) is 6.81. The number of methoxy groups -OCH3 is 2. The molecule has 0 bridgehead atoms. The Bertz CT molecular complexity index is 989. The van der Waals surface area contributed by atoms with Crippen LogP contribution < -0.4 is 15.4 Å². The molecule has 3 aromatic rings. The van der Waals surface area contributed by atoms with Gasteiger partial charge in [0.15, 0.2) is 0 Å². The smallest absolute Gasteiger partial charge is 0.259 e. The molecule has 0 aliphatic heterocycles. The van der Waals surface area contributed by atoms with Gasteiger partial charge in [-0.05, 0) is 36.8 Å². The van der Waals surface area contributed by atoms with E-state index in [1.165, 1.54) is 0 Å². The van der Waals surface area contributed by atoms with Crippen LogP contribution in [-0.2, 0) is 4.74 Å². The Labute approximate surface area is 170 Å². The Hall–Kier alpha value is -3.38. The average Bonchev–Trinajstić information content (AvgIpc) is 2.74. The van der Waals surface area contributed by atoms with Crippen LogP contribution in [0.25, 0.3) is 11.3 Å². The van der Waals surface area contributed by atoms with Gasteiger partial charge in [0.1, 0.15) is 11.6 Å². The summed E-state index contributed by atoms with van der Waals surface area (Å²) in [4.78, 5) is 17.6. The summed E-state index contributed by atoms with van der Waals surface area (Å²) in [5.41, 5.74) is 4.07. The molecule has 0 fully saturated rings. The minimum absolute atomic E-state index is 0.248. The predicted octanol–water partition coefficient (Wildman–Crippen LogP) is 4.38. The van der Waals surface area contributed by atoms with Gasteiger partial charge in [0.2, 0.25) is 0 Å². The molecule has 1 amide bonds. The van der Waals surface area contributed by atoms with Gasteiger partial charge in [0.25, 0.3) is 5.91 Å². The zero-order chi connectivity index (χ0) is 20.6. The van der Waals surface area contributed by atoms with Gasteiger partial charge in [-0.1, -0.05) is 30.3 Å². The summed E-state index contributed by atoms with van der Waals surface area (Å²) in [7, 11) is 3.22. The lowest BCUT2D eigenvalue weighted by Gasteiger charge is -2.14. The second kappa shape index (κ2) is 9.71. The molecule has 0 aliphatic rings. The minimum Gasteiger partial charge on any atom is -0.497 e. The van der Waals surface area contributed by atoms with Crippen LogP contribution in [-0.4, -0.2) is 38.3 Å². The Morgan fingerprint density at radius 3 is 2.62 bits per heavy atom. The summed E-state index contributed by atoms with van der Waals surface area (Å²) < 4.78 is 10.3. The number of hydrogen-bond acceptors (Lipinski definition) is 5. The number of carbonyl (C=O) groups is 1. The van der Waals surface area contributed by atoms with Gasteiger partial charge >= 0.3 is 0 Å². The molecule has 0 radical (unpaired) electrons. The number of ether oxygens (including phenoxy) is 2. The van der Waals surface area contributed by atoms with E-state index < -0.39 is 0 Å². The number of nitrogens with zero attached hydrogens (tertiary/aromatic N) is 1. The Morgan fingerprint density at radius 1 is 1.03 bits per heavy atom. The van der Waals surface area contributed by atoms with Crippen LogP contribution in [0.4, 0.5) is 11.5 Å². The van der Waals surface area contributed by atoms with Gasteiger partial charge in [0, 0.05) is 31.0 Å². The summed E-state index contributed by atoms with van der Waals surface area (Å²) in [6, 6.07) is 18.9. The van der Waals surface area contributed by atoms with E-state index in [-0.39, 0.29) is 5.91 Å². The molecule has 1 aromatic heterocycles. The molecule has 6 nitrogen and oxygen atoms in total. The van der Waals surface area contributed by atoms with Crippen LogP contribution in [0.5, 0.6) is 5.75 Å². The normalized spacial score (nSPS) is 10.4. The molecule has 0 spiro atoms. The van der Waals surface area contributed by atoms with Crippen LogP contribution in [0.15, 0.2) is 60.7 Å². The fraction of sp³-hybridized carbons (Fsp3) is 0.217. The molecular formula is C23H25N3O3. The fourth-order valence-corrected chi connectivity index (χ4v) is 2.96. The van der Waals surface area contributed by atoms with Crippen molar-refractivity contribution in [3.8, 4) is 17.0 Å². The maximum absolute atomic E-state index is 12.9. The van der Waals surface area contributed by atoms with Crippen LogP contribution in [0.2, 0.25) is 0 Å². The zero-order valence-corrected chi connectivity index (χ0v) is 16.9. The van der Waals surface area contributed by atoms with Crippen molar-refractivity contribution in [3.05, 3.63) is 71.8 Å². The Morgan fingerprint density at radius 2 is 1.86 bits per heavy atom. The van der Waals surface area contributed by atoms with E-state index in [4.69, 9.17) is 14.5 Å². The highest BCUT2D eigenvalue weighted by Gasteiger charge is 2.15. The van der Waals surface area contributed by atoms with Gasteiger partial charge in [0.05, 0.1) is 25.0 Å². The first-order valence-electron chi connectivity index (χ1n) is 9.37. The molecular weight excluding hydrogens is 366 g/mol. The van der Waals surface area contributed by atoms with E-state index >= 15 is 0 Å². The van der Waals surface area contributed by atoms with Crippen molar-refractivity contribution in [2.75, 3.05) is 38.0 Å². The van der Waals surface area contributed by atoms with Crippen molar-refractivity contribution in [2.24, 2.45) is 0 Å². The molecule has 0 saturated heterocycles. The Balaban J connectivity index is 1.91. The van der Waals surface area contributed by atoms with E-state index in [0.717, 1.165) is 16.8 Å². The summed E-state index contributed by atoms with van der Waals surface area (Å²) >= 11 is 0. The van der Waals surface area contributed by atoms with Gasteiger partial charge < -0.3 is 20.1 Å². The highest BCUT2D eigenvalue weighted by molar-refractivity contribution is 6.07. The van der Waals surface area contributed by atoms with Crippen molar-refractivity contribution in [1.29, 1.82) is 0 Å². The number of carbonyl (C=O) groups excluding carboxylic acids is 1. The third-order valence-electron chi connectivity index (χ3n) is 4.49. The van der Waals surface area contributed by atoms with Crippen LogP contribution in [0.3, 0.4) is 0 Å². The molecule has 0 saturated carbocycles. The number of aromatic nitrogens is 1. The highest BCUT2D eigenvalue weighted by Crippen LogP contribution is 2.25. The first kappa shape index (κ1) is 20.4. The summed E-state index contributed by atoms with van der Waals surface area (Å²) in [6.45, 7) is 3.09. The topological polar surface area (TPSA) is 72.5 Å². The van der Waals surface area contributed by atoms with Crippen LogP contribution in [0.1, 0.15) is 15.9 Å². The minimum atomic E-state index is -0.248. The molecule has 0 unspecified atom stereocenters. The molecule has 3 rings (SSSR count). The van der Waals surface area contributed by atoms with Crippen LogP contribution >= 0.6 is 0 Å². The monoisotopic (exact) mass is 391 g/mol. The molecule has 2 aromatic carbocycles. The number of aryl methyl sites for hydroxylation is 1. The number of nitrogens with one attached hydrogen (secondary N) is 2. The van der Waals surface area contributed by atoms with Crippen LogP contribution in [0, 0.1) is 6.92 Å². The van der Waals surface area contributed by atoms with Crippen molar-refractivity contribution in [1.82, 2.24) is 4.98 Å². The van der Waals surface area contributed by atoms with Crippen molar-refractivity contribution < 1.29 is 14.3 Å². The standard InChI is InChI=1S/C23H25N3O3/c1-16-7-4-5-10-19(16)21-12-11-20(22(26-21)24-13-14-28-2)23(27)25-17-8-6-9-18(15-17)29-3/h4-12,15H,13-14H2,1-3H3,(H,24,26)(H,25,27). The fourth-order valence-electron chi connectivity index (χ4n) is 2.96. The summed E-state index contributed by atoms with van der Waals surface area (Å²) in [5.74, 6) is 0.944. The van der Waals surface area contributed by atoms with E-state index in [9.17, 15) is 4.79 Å². The maximum Gasteiger partial charge on any atom is 0.259 e. The van der Waals surface area contributed by atoms with E-state index in [0.29, 0.717) is 36.0 Å².